The summed E-state index contributed by atoms with van der Waals surface area (Å²) in [5.41, 5.74) is 2.73. The molecule has 2 aromatic carbocycles. The van der Waals surface area contributed by atoms with Crippen LogP contribution in [0.5, 0.6) is 0 Å². The Bertz CT molecular complexity index is 942. The van der Waals surface area contributed by atoms with E-state index in [-0.39, 0.29) is 5.91 Å². The van der Waals surface area contributed by atoms with Gasteiger partial charge in [0.25, 0.3) is 0 Å². The molecule has 0 aliphatic carbocycles. The molecule has 7 heteroatoms. The Morgan fingerprint density at radius 1 is 1.18 bits per heavy atom. The molecule has 0 saturated carbocycles. The summed E-state index contributed by atoms with van der Waals surface area (Å²) < 4.78 is 5.80. The zero-order valence-electron chi connectivity index (χ0n) is 15.7. The first-order valence-corrected chi connectivity index (χ1v) is 11.5. The first-order chi connectivity index (χ1) is 13.6. The summed E-state index contributed by atoms with van der Waals surface area (Å²) in [6, 6.07) is 15.6. The minimum absolute atomic E-state index is 0.0288. The van der Waals surface area contributed by atoms with Crippen LogP contribution in [-0.2, 0) is 17.1 Å². The number of thioether (sulfide) groups is 2. The molecule has 0 radical (unpaired) electrons. The van der Waals surface area contributed by atoms with E-state index in [4.69, 9.17) is 16.0 Å². The maximum absolute atomic E-state index is 12.1. The van der Waals surface area contributed by atoms with Crippen molar-refractivity contribution >= 4 is 41.0 Å². The molecule has 0 bridgehead atoms. The summed E-state index contributed by atoms with van der Waals surface area (Å²) in [5, 5.41) is 3.55. The molecular formula is C21H21ClN2O2S2. The maximum atomic E-state index is 12.1. The van der Waals surface area contributed by atoms with Gasteiger partial charge in [0, 0.05) is 27.8 Å². The fourth-order valence-corrected chi connectivity index (χ4v) is 4.01. The van der Waals surface area contributed by atoms with Crippen LogP contribution in [0.4, 0.5) is 0 Å². The van der Waals surface area contributed by atoms with Gasteiger partial charge in [-0.1, -0.05) is 29.8 Å². The van der Waals surface area contributed by atoms with Crippen molar-refractivity contribution in [1.82, 2.24) is 10.3 Å². The van der Waals surface area contributed by atoms with Crippen LogP contribution in [-0.4, -0.2) is 22.9 Å². The first-order valence-electron chi connectivity index (χ1n) is 8.75. The highest BCUT2D eigenvalue weighted by Crippen LogP contribution is 2.26. The van der Waals surface area contributed by atoms with Gasteiger partial charge in [0.15, 0.2) is 0 Å². The molecule has 146 valence electrons. The van der Waals surface area contributed by atoms with Crippen LogP contribution in [0, 0.1) is 6.92 Å². The van der Waals surface area contributed by atoms with Crippen molar-refractivity contribution in [1.29, 1.82) is 0 Å². The molecular weight excluding hydrogens is 412 g/mol. The van der Waals surface area contributed by atoms with Gasteiger partial charge in [-0.3, -0.25) is 4.79 Å². The Labute approximate surface area is 178 Å². The molecule has 0 aliphatic rings. The van der Waals surface area contributed by atoms with Crippen LogP contribution in [0.3, 0.4) is 0 Å². The van der Waals surface area contributed by atoms with Crippen molar-refractivity contribution in [3.8, 4) is 11.5 Å². The van der Waals surface area contributed by atoms with Gasteiger partial charge in [0.1, 0.15) is 5.76 Å². The number of aromatic nitrogens is 1. The number of rotatable bonds is 8. The monoisotopic (exact) mass is 432 g/mol. The quantitative estimate of drug-likeness (QED) is 0.471. The standard InChI is InChI=1S/C21H21ClN2O2S2/c1-14-19(24-21(26-14)15-7-9-17(27-2)10-8-15)12-28-13-20(25)23-11-16-5-3-4-6-18(16)22/h3-10H,11-13H2,1-2H3,(H,23,25). The number of hydrogen-bond acceptors (Lipinski definition) is 5. The van der Waals surface area contributed by atoms with Gasteiger partial charge < -0.3 is 9.73 Å². The molecule has 0 spiro atoms. The molecule has 1 heterocycles. The number of carbonyl (C=O) groups is 1. The highest BCUT2D eigenvalue weighted by molar-refractivity contribution is 7.99. The summed E-state index contributed by atoms with van der Waals surface area (Å²) in [4.78, 5) is 17.9. The summed E-state index contributed by atoms with van der Waals surface area (Å²) in [7, 11) is 0. The number of amides is 1. The van der Waals surface area contributed by atoms with Gasteiger partial charge >= 0.3 is 0 Å². The lowest BCUT2D eigenvalue weighted by molar-refractivity contribution is -0.118. The number of aryl methyl sites for hydroxylation is 1. The molecule has 4 nitrogen and oxygen atoms in total. The van der Waals surface area contributed by atoms with Crippen LogP contribution >= 0.6 is 35.1 Å². The number of benzene rings is 2. The highest BCUT2D eigenvalue weighted by Gasteiger charge is 2.12. The Morgan fingerprint density at radius 3 is 2.64 bits per heavy atom. The summed E-state index contributed by atoms with van der Waals surface area (Å²) in [5.74, 6) is 2.35. The number of halogens is 1. The molecule has 3 aromatic rings. The van der Waals surface area contributed by atoms with Crippen LogP contribution in [0.15, 0.2) is 57.8 Å². The molecule has 1 N–H and O–H groups in total. The van der Waals surface area contributed by atoms with Gasteiger partial charge in [-0.25, -0.2) is 4.98 Å². The third-order valence-corrected chi connectivity index (χ3v) is 6.19. The van der Waals surface area contributed by atoms with Crippen molar-refractivity contribution in [2.24, 2.45) is 0 Å². The van der Waals surface area contributed by atoms with E-state index in [0.717, 1.165) is 22.6 Å². The maximum Gasteiger partial charge on any atom is 0.230 e. The second kappa shape index (κ2) is 10.0. The minimum Gasteiger partial charge on any atom is -0.441 e. The first kappa shape index (κ1) is 20.8. The molecule has 0 unspecified atom stereocenters. The fourth-order valence-electron chi connectivity index (χ4n) is 2.55. The smallest absolute Gasteiger partial charge is 0.230 e. The van der Waals surface area contributed by atoms with E-state index in [1.54, 1.807) is 11.8 Å². The van der Waals surface area contributed by atoms with E-state index >= 15 is 0 Å². The average molecular weight is 433 g/mol. The third-order valence-electron chi connectivity index (χ3n) is 4.14. The van der Waals surface area contributed by atoms with Crippen LogP contribution in [0.1, 0.15) is 17.0 Å². The van der Waals surface area contributed by atoms with Crippen LogP contribution in [0.25, 0.3) is 11.5 Å². The summed E-state index contributed by atoms with van der Waals surface area (Å²) in [6.45, 7) is 2.33. The molecule has 1 amide bonds. The van der Waals surface area contributed by atoms with E-state index in [0.29, 0.717) is 29.0 Å². The average Bonchev–Trinajstić information content (AvgIpc) is 3.08. The van der Waals surface area contributed by atoms with Crippen molar-refractivity contribution < 1.29 is 9.21 Å². The molecule has 28 heavy (non-hydrogen) atoms. The fraction of sp³-hybridized carbons (Fsp3) is 0.238. The lowest BCUT2D eigenvalue weighted by atomic mass is 10.2. The zero-order chi connectivity index (χ0) is 19.9. The summed E-state index contributed by atoms with van der Waals surface area (Å²) >= 11 is 9.31. The second-order valence-electron chi connectivity index (χ2n) is 6.11. The molecule has 0 atom stereocenters. The number of oxazole rings is 1. The lowest BCUT2D eigenvalue weighted by Gasteiger charge is -2.06. The normalized spacial score (nSPS) is 10.8. The van der Waals surface area contributed by atoms with Gasteiger partial charge in [0.05, 0.1) is 11.4 Å². The number of hydrogen-bond donors (Lipinski definition) is 1. The second-order valence-corrected chi connectivity index (χ2v) is 8.38. The van der Waals surface area contributed by atoms with Gasteiger partial charge in [-0.2, -0.15) is 0 Å². The summed E-state index contributed by atoms with van der Waals surface area (Å²) in [6.07, 6.45) is 2.05. The van der Waals surface area contributed by atoms with Crippen molar-refractivity contribution in [3.63, 3.8) is 0 Å². The Kier molecular flexibility index (Phi) is 7.48. The highest BCUT2D eigenvalue weighted by atomic mass is 35.5. The van der Waals surface area contributed by atoms with Crippen LogP contribution < -0.4 is 5.32 Å². The van der Waals surface area contributed by atoms with Gasteiger partial charge in [-0.05, 0) is 49.1 Å². The van der Waals surface area contributed by atoms with Crippen molar-refractivity contribution in [2.75, 3.05) is 12.0 Å². The van der Waals surface area contributed by atoms with Crippen molar-refractivity contribution in [2.45, 2.75) is 24.1 Å². The minimum atomic E-state index is -0.0288. The lowest BCUT2D eigenvalue weighted by Crippen LogP contribution is -2.24. The Balaban J connectivity index is 1.50. The van der Waals surface area contributed by atoms with E-state index in [9.17, 15) is 4.79 Å². The number of nitrogens with zero attached hydrogens (tertiary/aromatic N) is 1. The van der Waals surface area contributed by atoms with E-state index in [1.165, 1.54) is 16.7 Å². The van der Waals surface area contributed by atoms with E-state index in [1.807, 2.05) is 49.6 Å². The van der Waals surface area contributed by atoms with Crippen LogP contribution in [0.2, 0.25) is 5.02 Å². The van der Waals surface area contributed by atoms with Gasteiger partial charge in [0.2, 0.25) is 11.8 Å². The van der Waals surface area contributed by atoms with E-state index < -0.39 is 0 Å². The number of nitrogens with one attached hydrogen (secondary N) is 1. The van der Waals surface area contributed by atoms with Crippen molar-refractivity contribution in [3.05, 3.63) is 70.6 Å². The largest absolute Gasteiger partial charge is 0.441 e. The SMILES string of the molecule is CSc1ccc(-c2nc(CSCC(=O)NCc3ccccc3Cl)c(C)o2)cc1. The topological polar surface area (TPSA) is 55.1 Å². The third kappa shape index (κ3) is 5.56. The zero-order valence-corrected chi connectivity index (χ0v) is 18.1. The van der Waals surface area contributed by atoms with E-state index in [2.05, 4.69) is 22.4 Å². The predicted octanol–water partition coefficient (Wildman–Crippen LogP) is 5.57. The predicted molar refractivity (Wildman–Crippen MR) is 118 cm³/mol. The number of carbonyl (C=O) groups excluding carboxylic acids is 1. The Morgan fingerprint density at radius 2 is 1.93 bits per heavy atom. The molecule has 0 fully saturated rings. The van der Waals surface area contributed by atoms with Gasteiger partial charge in [-0.15, -0.1) is 23.5 Å². The molecule has 0 saturated heterocycles. The molecule has 0 aliphatic heterocycles. The Hall–Kier alpha value is -1.89. The molecule has 1 aromatic heterocycles. The molecule has 3 rings (SSSR count).